The Labute approximate surface area is 88.1 Å². The molecular formula is C11H14O4. The van der Waals surface area contributed by atoms with Crippen molar-refractivity contribution in [3.8, 4) is 17.2 Å². The molecule has 0 aliphatic carbocycles. The largest absolute Gasteiger partial charge is 0.508 e. The first kappa shape index (κ1) is 10.1. The number of benzene rings is 1. The van der Waals surface area contributed by atoms with Gasteiger partial charge in [0.25, 0.3) is 0 Å². The Morgan fingerprint density at radius 1 is 1.20 bits per heavy atom. The van der Waals surface area contributed by atoms with E-state index in [9.17, 15) is 5.11 Å². The third-order valence-electron chi connectivity index (χ3n) is 2.35. The van der Waals surface area contributed by atoms with Gasteiger partial charge in [0.1, 0.15) is 5.75 Å². The highest BCUT2D eigenvalue weighted by Crippen LogP contribution is 2.38. The quantitative estimate of drug-likeness (QED) is 0.767. The molecule has 0 unspecified atom stereocenters. The van der Waals surface area contributed by atoms with E-state index in [-0.39, 0.29) is 12.4 Å². The molecule has 0 bridgehead atoms. The van der Waals surface area contributed by atoms with Crippen molar-refractivity contribution in [2.45, 2.75) is 12.8 Å². The molecule has 1 aromatic carbocycles. The van der Waals surface area contributed by atoms with Crippen molar-refractivity contribution < 1.29 is 19.7 Å². The highest BCUT2D eigenvalue weighted by molar-refractivity contribution is 5.53. The summed E-state index contributed by atoms with van der Waals surface area (Å²) >= 11 is 0. The summed E-state index contributed by atoms with van der Waals surface area (Å²) in [6.07, 6.45) is 1.20. The second-order valence-corrected chi connectivity index (χ2v) is 3.41. The third-order valence-corrected chi connectivity index (χ3v) is 2.35. The predicted molar refractivity (Wildman–Crippen MR) is 54.5 cm³/mol. The molecule has 0 amide bonds. The topological polar surface area (TPSA) is 58.9 Å². The van der Waals surface area contributed by atoms with E-state index in [0.29, 0.717) is 36.7 Å². The fraction of sp³-hybridized carbons (Fsp3) is 0.455. The van der Waals surface area contributed by atoms with Gasteiger partial charge in [0.2, 0.25) is 0 Å². The van der Waals surface area contributed by atoms with Gasteiger partial charge < -0.3 is 19.7 Å². The first-order valence-electron chi connectivity index (χ1n) is 5.04. The van der Waals surface area contributed by atoms with Gasteiger partial charge in [-0.1, -0.05) is 0 Å². The number of fused-ring (bicyclic) bond motifs is 1. The minimum absolute atomic E-state index is 0.0205. The monoisotopic (exact) mass is 210 g/mol. The highest BCUT2D eigenvalue weighted by atomic mass is 16.5. The summed E-state index contributed by atoms with van der Waals surface area (Å²) in [5.74, 6) is 1.36. The first-order chi connectivity index (χ1) is 7.33. The van der Waals surface area contributed by atoms with Crippen LogP contribution in [0.3, 0.4) is 0 Å². The Morgan fingerprint density at radius 2 is 2.00 bits per heavy atom. The molecule has 1 heterocycles. The summed E-state index contributed by atoms with van der Waals surface area (Å²) < 4.78 is 11.0. The molecule has 2 rings (SSSR count). The summed E-state index contributed by atoms with van der Waals surface area (Å²) in [6.45, 7) is 1.18. The van der Waals surface area contributed by atoms with Gasteiger partial charge in [-0.3, -0.25) is 0 Å². The number of phenols is 1. The molecule has 0 fully saturated rings. The summed E-state index contributed by atoms with van der Waals surface area (Å²) in [5, 5.41) is 18.6. The van der Waals surface area contributed by atoms with E-state index < -0.39 is 0 Å². The Hall–Kier alpha value is -1.42. The number of phenolic OH excluding ortho intramolecular Hbond substituents is 1. The van der Waals surface area contributed by atoms with E-state index >= 15 is 0 Å². The Morgan fingerprint density at radius 3 is 2.80 bits per heavy atom. The maximum absolute atomic E-state index is 9.64. The van der Waals surface area contributed by atoms with Gasteiger partial charge in [0.15, 0.2) is 11.5 Å². The maximum Gasteiger partial charge on any atom is 0.168 e. The van der Waals surface area contributed by atoms with E-state index in [1.807, 2.05) is 0 Å². The van der Waals surface area contributed by atoms with Crippen LogP contribution in [-0.2, 0) is 6.42 Å². The molecule has 82 valence electrons. The van der Waals surface area contributed by atoms with Crippen molar-refractivity contribution in [3.63, 3.8) is 0 Å². The van der Waals surface area contributed by atoms with E-state index in [2.05, 4.69) is 0 Å². The van der Waals surface area contributed by atoms with E-state index in [0.717, 1.165) is 6.42 Å². The van der Waals surface area contributed by atoms with Crippen LogP contribution in [0.25, 0.3) is 0 Å². The molecular weight excluding hydrogens is 196 g/mol. The SMILES string of the molecule is OCCc1c(O)ccc2c1OCCCO2. The molecule has 0 atom stereocenters. The molecule has 1 aliphatic rings. The van der Waals surface area contributed by atoms with Crippen LogP contribution in [0.5, 0.6) is 17.2 Å². The zero-order valence-corrected chi connectivity index (χ0v) is 8.40. The molecule has 0 saturated heterocycles. The van der Waals surface area contributed by atoms with Crippen LogP contribution in [0.4, 0.5) is 0 Å². The smallest absolute Gasteiger partial charge is 0.168 e. The van der Waals surface area contributed by atoms with Gasteiger partial charge in [-0.25, -0.2) is 0 Å². The number of aromatic hydroxyl groups is 1. The molecule has 0 saturated carbocycles. The van der Waals surface area contributed by atoms with Crippen LogP contribution in [0, 0.1) is 0 Å². The van der Waals surface area contributed by atoms with Gasteiger partial charge >= 0.3 is 0 Å². The number of rotatable bonds is 2. The number of hydrogen-bond acceptors (Lipinski definition) is 4. The lowest BCUT2D eigenvalue weighted by atomic mass is 10.1. The summed E-state index contributed by atoms with van der Waals surface area (Å²) in [5.41, 5.74) is 0.622. The minimum Gasteiger partial charge on any atom is -0.508 e. The number of hydrogen-bond donors (Lipinski definition) is 2. The van der Waals surface area contributed by atoms with Gasteiger partial charge in [-0.2, -0.15) is 0 Å². The van der Waals surface area contributed by atoms with Crippen molar-refractivity contribution in [2.24, 2.45) is 0 Å². The third kappa shape index (κ3) is 1.99. The van der Waals surface area contributed by atoms with Crippen LogP contribution >= 0.6 is 0 Å². The molecule has 4 nitrogen and oxygen atoms in total. The van der Waals surface area contributed by atoms with Gasteiger partial charge in [-0.05, 0) is 12.1 Å². The summed E-state index contributed by atoms with van der Waals surface area (Å²) in [4.78, 5) is 0. The Balaban J connectivity index is 2.42. The highest BCUT2D eigenvalue weighted by Gasteiger charge is 2.17. The van der Waals surface area contributed by atoms with Gasteiger partial charge in [0, 0.05) is 25.0 Å². The number of ether oxygens (including phenoxy) is 2. The van der Waals surface area contributed by atoms with Gasteiger partial charge in [-0.15, -0.1) is 0 Å². The van der Waals surface area contributed by atoms with Gasteiger partial charge in [0.05, 0.1) is 13.2 Å². The lowest BCUT2D eigenvalue weighted by Gasteiger charge is -2.13. The number of aliphatic hydroxyl groups is 1. The number of aliphatic hydroxyl groups excluding tert-OH is 1. The minimum atomic E-state index is -0.0205. The average Bonchev–Trinajstić information content (AvgIpc) is 2.47. The summed E-state index contributed by atoms with van der Waals surface area (Å²) in [6, 6.07) is 3.26. The zero-order chi connectivity index (χ0) is 10.7. The molecule has 15 heavy (non-hydrogen) atoms. The maximum atomic E-state index is 9.64. The lowest BCUT2D eigenvalue weighted by Crippen LogP contribution is -2.00. The van der Waals surface area contributed by atoms with Crippen molar-refractivity contribution in [2.75, 3.05) is 19.8 Å². The molecule has 0 spiro atoms. The van der Waals surface area contributed by atoms with Crippen LogP contribution in [-0.4, -0.2) is 30.0 Å². The second-order valence-electron chi connectivity index (χ2n) is 3.41. The first-order valence-corrected chi connectivity index (χ1v) is 5.04. The second kappa shape index (κ2) is 4.40. The van der Waals surface area contributed by atoms with Crippen LogP contribution in [0.2, 0.25) is 0 Å². The van der Waals surface area contributed by atoms with Crippen molar-refractivity contribution in [3.05, 3.63) is 17.7 Å². The van der Waals surface area contributed by atoms with Crippen LogP contribution < -0.4 is 9.47 Å². The Kier molecular flexibility index (Phi) is 2.97. The standard InChI is InChI=1S/C11H14O4/c12-5-4-8-9(13)2-3-10-11(8)15-7-1-6-14-10/h2-3,12-13H,1,4-7H2. The predicted octanol–water partition coefficient (Wildman–Crippen LogP) is 1.09. The zero-order valence-electron chi connectivity index (χ0n) is 8.40. The van der Waals surface area contributed by atoms with E-state index in [4.69, 9.17) is 14.6 Å². The normalized spacial score (nSPS) is 14.7. The van der Waals surface area contributed by atoms with Crippen molar-refractivity contribution in [1.29, 1.82) is 0 Å². The molecule has 0 aromatic heterocycles. The van der Waals surface area contributed by atoms with Crippen molar-refractivity contribution in [1.82, 2.24) is 0 Å². The molecule has 0 radical (unpaired) electrons. The molecule has 1 aromatic rings. The molecule has 2 N–H and O–H groups in total. The van der Waals surface area contributed by atoms with E-state index in [1.54, 1.807) is 12.1 Å². The van der Waals surface area contributed by atoms with E-state index in [1.165, 1.54) is 0 Å². The fourth-order valence-corrected chi connectivity index (χ4v) is 1.64. The Bertz CT molecular complexity index is 349. The molecule has 1 aliphatic heterocycles. The molecule has 4 heteroatoms. The van der Waals surface area contributed by atoms with Crippen LogP contribution in [0.1, 0.15) is 12.0 Å². The lowest BCUT2D eigenvalue weighted by molar-refractivity contribution is 0.284. The van der Waals surface area contributed by atoms with Crippen molar-refractivity contribution >= 4 is 0 Å². The average molecular weight is 210 g/mol. The van der Waals surface area contributed by atoms with Crippen LogP contribution in [0.15, 0.2) is 12.1 Å². The summed E-state index contributed by atoms with van der Waals surface area (Å²) in [7, 11) is 0. The fourth-order valence-electron chi connectivity index (χ4n) is 1.64.